The van der Waals surface area contributed by atoms with Gasteiger partial charge in [0.25, 0.3) is 5.56 Å². The van der Waals surface area contributed by atoms with E-state index in [1.54, 1.807) is 0 Å². The van der Waals surface area contributed by atoms with Crippen LogP contribution in [0.4, 0.5) is 0 Å². The number of pyridine rings is 1. The first-order valence-corrected chi connectivity index (χ1v) is 12.5. The van der Waals surface area contributed by atoms with Crippen molar-refractivity contribution >= 4 is 28.2 Å². The van der Waals surface area contributed by atoms with E-state index in [2.05, 4.69) is 33.1 Å². The number of hydrogen-bond donors (Lipinski definition) is 2. The van der Waals surface area contributed by atoms with Crippen molar-refractivity contribution in [3.8, 4) is 0 Å². The predicted octanol–water partition coefficient (Wildman–Crippen LogP) is 2.72. The van der Waals surface area contributed by atoms with Crippen molar-refractivity contribution in [1.29, 1.82) is 0 Å². The van der Waals surface area contributed by atoms with Gasteiger partial charge in [0.1, 0.15) is 0 Å². The van der Waals surface area contributed by atoms with Gasteiger partial charge in [-0.05, 0) is 69.1 Å². The monoisotopic (exact) mass is 472 g/mol. The lowest BCUT2D eigenvalue weighted by Crippen LogP contribution is -2.45. The van der Waals surface area contributed by atoms with E-state index in [-0.39, 0.29) is 11.7 Å². The molecule has 0 spiro atoms. The molecule has 7 nitrogen and oxygen atoms in total. The number of morpholine rings is 1. The van der Waals surface area contributed by atoms with E-state index in [0.717, 1.165) is 92.9 Å². The molecule has 0 bridgehead atoms. The van der Waals surface area contributed by atoms with E-state index in [1.807, 2.05) is 19.1 Å². The summed E-state index contributed by atoms with van der Waals surface area (Å²) in [5.74, 6) is 0. The van der Waals surface area contributed by atoms with Crippen LogP contribution in [-0.2, 0) is 16.0 Å². The highest BCUT2D eigenvalue weighted by molar-refractivity contribution is 7.80. The van der Waals surface area contributed by atoms with Crippen LogP contribution in [-0.4, -0.2) is 78.5 Å². The van der Waals surface area contributed by atoms with Crippen LogP contribution in [0, 0.1) is 13.8 Å². The third-order valence-electron chi connectivity index (χ3n) is 6.65. The molecule has 1 aromatic heterocycles. The van der Waals surface area contributed by atoms with Gasteiger partial charge in [-0.15, -0.1) is 0 Å². The zero-order valence-corrected chi connectivity index (χ0v) is 20.6. The van der Waals surface area contributed by atoms with Crippen LogP contribution in [0.25, 0.3) is 10.9 Å². The average molecular weight is 473 g/mol. The molecule has 2 fully saturated rings. The van der Waals surface area contributed by atoms with E-state index >= 15 is 0 Å². The quantitative estimate of drug-likeness (QED) is 0.452. The highest BCUT2D eigenvalue weighted by Crippen LogP contribution is 2.21. The number of H-pyrrole nitrogens is 1. The maximum atomic E-state index is 12.9. The average Bonchev–Trinajstić information content (AvgIpc) is 3.33. The summed E-state index contributed by atoms with van der Waals surface area (Å²) in [6.07, 6.45) is 3.28. The molecular formula is C25H36N4O3S. The van der Waals surface area contributed by atoms with Crippen LogP contribution in [0.3, 0.4) is 0 Å². The minimum Gasteiger partial charge on any atom is -0.379 e. The van der Waals surface area contributed by atoms with Gasteiger partial charge in [-0.1, -0.05) is 12.1 Å². The van der Waals surface area contributed by atoms with Crippen LogP contribution >= 0.6 is 12.2 Å². The summed E-state index contributed by atoms with van der Waals surface area (Å²) < 4.78 is 11.3. The molecule has 2 N–H and O–H groups in total. The van der Waals surface area contributed by atoms with E-state index < -0.39 is 0 Å². The zero-order chi connectivity index (χ0) is 23.2. The lowest BCUT2D eigenvalue weighted by molar-refractivity contribution is 0.0375. The fourth-order valence-corrected chi connectivity index (χ4v) is 4.87. The number of rotatable bonds is 8. The molecule has 0 amide bonds. The number of thiocarbonyl (C=S) groups is 1. The van der Waals surface area contributed by atoms with Gasteiger partial charge >= 0.3 is 0 Å². The molecule has 0 saturated carbocycles. The molecule has 3 heterocycles. The Bertz CT molecular complexity index is 1010. The SMILES string of the molecule is Cc1ccc(C)c2[nH]c(=O)c(CN(C[C@@H]3CCCO3)C(=S)NCCCN3CCOCC3)cc12. The Morgan fingerprint density at radius 2 is 2.03 bits per heavy atom. The number of ether oxygens (including phenoxy) is 2. The summed E-state index contributed by atoms with van der Waals surface area (Å²) in [6, 6.07) is 6.18. The Balaban J connectivity index is 1.43. The predicted molar refractivity (Wildman–Crippen MR) is 136 cm³/mol. The molecule has 2 aliphatic heterocycles. The fraction of sp³-hybridized carbons (Fsp3) is 0.600. The van der Waals surface area contributed by atoms with Crippen LogP contribution < -0.4 is 10.9 Å². The second-order valence-corrected chi connectivity index (χ2v) is 9.55. The molecule has 33 heavy (non-hydrogen) atoms. The van der Waals surface area contributed by atoms with Gasteiger partial charge in [0.2, 0.25) is 0 Å². The number of aryl methyl sites for hydroxylation is 2. The van der Waals surface area contributed by atoms with Gasteiger partial charge in [-0.2, -0.15) is 0 Å². The maximum Gasteiger partial charge on any atom is 0.253 e. The minimum atomic E-state index is -0.0522. The molecular weight excluding hydrogens is 436 g/mol. The standard InChI is InChI=1S/C25H36N4O3S/c1-18-6-7-19(2)23-22(18)15-20(24(30)27-23)16-29(17-21-5-3-12-32-21)25(33)26-8-4-9-28-10-13-31-14-11-28/h6-7,15,21H,3-5,8-14,16-17H2,1-2H3,(H,26,33)(H,27,30)/t21-/m0/s1. The highest BCUT2D eigenvalue weighted by atomic mass is 32.1. The first kappa shape index (κ1) is 24.1. The topological polar surface area (TPSA) is 69.8 Å². The van der Waals surface area contributed by atoms with Crippen LogP contribution in [0.15, 0.2) is 23.0 Å². The molecule has 8 heteroatoms. The van der Waals surface area contributed by atoms with Crippen molar-refractivity contribution in [2.24, 2.45) is 0 Å². The second kappa shape index (κ2) is 11.4. The Hall–Kier alpha value is -2.00. The first-order chi connectivity index (χ1) is 16.0. The summed E-state index contributed by atoms with van der Waals surface area (Å²) >= 11 is 5.78. The molecule has 0 unspecified atom stereocenters. The molecule has 2 aromatic rings. The summed E-state index contributed by atoms with van der Waals surface area (Å²) in [5.41, 5.74) is 3.82. The number of aromatic nitrogens is 1. The largest absolute Gasteiger partial charge is 0.379 e. The minimum absolute atomic E-state index is 0.0522. The summed E-state index contributed by atoms with van der Waals surface area (Å²) in [4.78, 5) is 20.6. The molecule has 4 rings (SSSR count). The van der Waals surface area contributed by atoms with Gasteiger partial charge in [0, 0.05) is 43.7 Å². The summed E-state index contributed by atoms with van der Waals surface area (Å²) in [6.45, 7) is 11.5. The van der Waals surface area contributed by atoms with Crippen molar-refractivity contribution in [3.05, 3.63) is 45.2 Å². The fourth-order valence-electron chi connectivity index (χ4n) is 4.63. The van der Waals surface area contributed by atoms with Crippen LogP contribution in [0.5, 0.6) is 0 Å². The smallest absolute Gasteiger partial charge is 0.253 e. The van der Waals surface area contributed by atoms with Crippen LogP contribution in [0.2, 0.25) is 0 Å². The highest BCUT2D eigenvalue weighted by Gasteiger charge is 2.22. The van der Waals surface area contributed by atoms with Gasteiger partial charge in [0.05, 0.1) is 31.4 Å². The van der Waals surface area contributed by atoms with Gasteiger partial charge in [0.15, 0.2) is 5.11 Å². The molecule has 1 aromatic carbocycles. The second-order valence-electron chi connectivity index (χ2n) is 9.17. The number of benzene rings is 1. The van der Waals surface area contributed by atoms with E-state index in [1.165, 1.54) is 0 Å². The van der Waals surface area contributed by atoms with E-state index in [0.29, 0.717) is 18.2 Å². The molecule has 0 aliphatic carbocycles. The van der Waals surface area contributed by atoms with Crippen LogP contribution in [0.1, 0.15) is 36.0 Å². The number of nitrogens with one attached hydrogen (secondary N) is 2. The van der Waals surface area contributed by atoms with Gasteiger partial charge in [-0.25, -0.2) is 0 Å². The maximum absolute atomic E-state index is 12.9. The zero-order valence-electron chi connectivity index (χ0n) is 19.8. The molecule has 1 atom stereocenters. The normalized spacial score (nSPS) is 19.2. The number of hydrogen-bond acceptors (Lipinski definition) is 5. The van der Waals surface area contributed by atoms with Crippen molar-refractivity contribution in [2.75, 3.05) is 52.5 Å². The van der Waals surface area contributed by atoms with E-state index in [4.69, 9.17) is 21.7 Å². The number of fused-ring (bicyclic) bond motifs is 1. The van der Waals surface area contributed by atoms with Crippen molar-refractivity contribution < 1.29 is 9.47 Å². The molecule has 180 valence electrons. The Morgan fingerprint density at radius 3 is 2.79 bits per heavy atom. The van der Waals surface area contributed by atoms with Gasteiger partial charge < -0.3 is 24.7 Å². The Kier molecular flexibility index (Phi) is 8.35. The van der Waals surface area contributed by atoms with Crippen molar-refractivity contribution in [2.45, 2.75) is 45.8 Å². The molecule has 2 aliphatic rings. The lowest BCUT2D eigenvalue weighted by Gasteiger charge is -2.29. The molecule has 2 saturated heterocycles. The summed E-state index contributed by atoms with van der Waals surface area (Å²) in [5, 5.41) is 5.20. The Labute approximate surface area is 201 Å². The lowest BCUT2D eigenvalue weighted by atomic mass is 10.0. The third kappa shape index (κ3) is 6.32. The first-order valence-electron chi connectivity index (χ1n) is 12.1. The Morgan fingerprint density at radius 1 is 1.24 bits per heavy atom. The number of nitrogens with zero attached hydrogens (tertiary/aromatic N) is 2. The number of aromatic amines is 1. The van der Waals surface area contributed by atoms with Gasteiger partial charge in [-0.3, -0.25) is 9.69 Å². The van der Waals surface area contributed by atoms with E-state index in [9.17, 15) is 4.79 Å². The summed E-state index contributed by atoms with van der Waals surface area (Å²) in [7, 11) is 0. The van der Waals surface area contributed by atoms with Crippen molar-refractivity contribution in [3.63, 3.8) is 0 Å². The van der Waals surface area contributed by atoms with Crippen molar-refractivity contribution in [1.82, 2.24) is 20.1 Å². The third-order valence-corrected chi connectivity index (χ3v) is 7.05. The molecule has 0 radical (unpaired) electrons.